The van der Waals surface area contributed by atoms with Crippen molar-refractivity contribution >= 4 is 34.9 Å². The molecule has 0 radical (unpaired) electrons. The second-order valence-electron chi connectivity index (χ2n) is 7.25. The van der Waals surface area contributed by atoms with Crippen molar-refractivity contribution in [1.82, 2.24) is 30.1 Å². The Morgan fingerprint density at radius 2 is 2.03 bits per heavy atom. The number of pyridine rings is 1. The summed E-state index contributed by atoms with van der Waals surface area (Å²) in [5, 5.41) is 19.8. The fraction of sp³-hybridized carbons (Fsp3) is 0.273. The second-order valence-corrected chi connectivity index (χ2v) is 8.67. The number of carbonyl (C=O) groups is 1. The summed E-state index contributed by atoms with van der Waals surface area (Å²) in [4.78, 5) is 13.1. The molecule has 2 N–H and O–H groups in total. The van der Waals surface area contributed by atoms with Crippen LogP contribution in [0.25, 0.3) is 16.9 Å². The maximum absolute atomic E-state index is 13.1. The van der Waals surface area contributed by atoms with E-state index in [-0.39, 0.29) is 18.4 Å². The number of H-pyrrole nitrogens is 1. The van der Waals surface area contributed by atoms with Crippen LogP contribution < -0.4 is 5.32 Å². The van der Waals surface area contributed by atoms with Crippen molar-refractivity contribution < 1.29 is 4.79 Å². The number of halogens is 1. The number of aryl methyl sites for hydroxylation is 1. The number of hydrogen-bond acceptors (Lipinski definition) is 5. The molecule has 9 heteroatoms. The highest BCUT2D eigenvalue weighted by Crippen LogP contribution is 2.26. The molecule has 31 heavy (non-hydrogen) atoms. The minimum Gasteiger partial charge on any atom is -0.346 e. The fourth-order valence-corrected chi connectivity index (χ4v) is 4.12. The first-order valence-corrected chi connectivity index (χ1v) is 11.7. The molecule has 1 amide bonds. The number of aromatic nitrogens is 5. The Balaban J connectivity index is 1.56. The third-order valence-corrected chi connectivity index (χ3v) is 6.02. The number of hydrogen-bond donors (Lipinski definition) is 2. The lowest BCUT2D eigenvalue weighted by Crippen LogP contribution is -2.31. The molecule has 0 unspecified atom stereocenters. The molecule has 0 saturated carbocycles. The lowest BCUT2D eigenvalue weighted by atomic mass is 10.0. The van der Waals surface area contributed by atoms with Crippen molar-refractivity contribution in [2.24, 2.45) is 0 Å². The maximum atomic E-state index is 13.1. The molecule has 0 bridgehead atoms. The quantitative estimate of drug-likeness (QED) is 0.416. The van der Waals surface area contributed by atoms with Crippen LogP contribution in [0.3, 0.4) is 0 Å². The third-order valence-electron chi connectivity index (χ3n) is 5.13. The van der Waals surface area contributed by atoms with E-state index in [2.05, 4.69) is 25.7 Å². The molecule has 0 aliphatic carbocycles. The van der Waals surface area contributed by atoms with Gasteiger partial charge >= 0.3 is 0 Å². The van der Waals surface area contributed by atoms with Crippen molar-refractivity contribution in [3.8, 4) is 11.3 Å². The van der Waals surface area contributed by atoms with Gasteiger partial charge in [0.25, 0.3) is 0 Å². The van der Waals surface area contributed by atoms with Crippen LogP contribution in [0.2, 0.25) is 5.02 Å². The van der Waals surface area contributed by atoms with Crippen LogP contribution in [0.15, 0.2) is 48.7 Å². The van der Waals surface area contributed by atoms with Gasteiger partial charge in [-0.15, -0.1) is 10.2 Å². The van der Waals surface area contributed by atoms with E-state index in [1.54, 1.807) is 11.8 Å². The molecule has 0 spiro atoms. The van der Waals surface area contributed by atoms with Crippen molar-refractivity contribution in [3.63, 3.8) is 0 Å². The van der Waals surface area contributed by atoms with Gasteiger partial charge in [0.1, 0.15) is 0 Å². The van der Waals surface area contributed by atoms with E-state index in [0.29, 0.717) is 5.02 Å². The van der Waals surface area contributed by atoms with Gasteiger partial charge in [0.05, 0.1) is 18.2 Å². The van der Waals surface area contributed by atoms with Crippen LogP contribution in [0.1, 0.15) is 29.5 Å². The molecule has 3 heterocycles. The Labute approximate surface area is 189 Å². The first kappa shape index (κ1) is 21.4. The number of amides is 1. The summed E-state index contributed by atoms with van der Waals surface area (Å²) < 4.78 is 1.92. The van der Waals surface area contributed by atoms with Gasteiger partial charge in [-0.3, -0.25) is 14.3 Å². The summed E-state index contributed by atoms with van der Waals surface area (Å²) in [6.45, 7) is 1.92. The van der Waals surface area contributed by atoms with Gasteiger partial charge < -0.3 is 5.32 Å². The van der Waals surface area contributed by atoms with Gasteiger partial charge in [0.15, 0.2) is 11.5 Å². The van der Waals surface area contributed by atoms with Crippen LogP contribution in [0.4, 0.5) is 0 Å². The van der Waals surface area contributed by atoms with E-state index in [9.17, 15) is 4.79 Å². The molecule has 0 saturated heterocycles. The number of nitrogens with one attached hydrogen (secondary N) is 2. The monoisotopic (exact) mass is 454 g/mol. The normalized spacial score (nSPS) is 12.2. The second kappa shape index (κ2) is 9.53. The molecule has 1 atom stereocenters. The van der Waals surface area contributed by atoms with E-state index >= 15 is 0 Å². The predicted molar refractivity (Wildman–Crippen MR) is 124 cm³/mol. The SMILES string of the molecule is CSCC[C@@H](NC(=O)Cc1c(-c2ccc(Cl)cc2)n[nH]c1C)c1nnc2ccccn12. The number of benzene rings is 1. The summed E-state index contributed by atoms with van der Waals surface area (Å²) in [6.07, 6.45) is 4.94. The van der Waals surface area contributed by atoms with Crippen LogP contribution >= 0.6 is 23.4 Å². The average Bonchev–Trinajstić information content (AvgIpc) is 3.36. The minimum atomic E-state index is -0.233. The average molecular weight is 455 g/mol. The molecule has 0 aliphatic heterocycles. The molecular formula is C22H23ClN6OS. The van der Waals surface area contributed by atoms with Gasteiger partial charge in [-0.05, 0) is 49.6 Å². The molecule has 1 aromatic carbocycles. The van der Waals surface area contributed by atoms with Crippen LogP contribution in [0.5, 0.6) is 0 Å². The number of nitrogens with zero attached hydrogens (tertiary/aromatic N) is 4. The molecule has 0 aliphatic rings. The highest BCUT2D eigenvalue weighted by molar-refractivity contribution is 7.98. The molecule has 160 valence electrons. The van der Waals surface area contributed by atoms with E-state index < -0.39 is 0 Å². The topological polar surface area (TPSA) is 88.0 Å². The largest absolute Gasteiger partial charge is 0.346 e. The molecule has 4 aromatic rings. The lowest BCUT2D eigenvalue weighted by molar-refractivity contribution is -0.121. The molecule has 3 aromatic heterocycles. The van der Waals surface area contributed by atoms with Crippen molar-refractivity contribution in [3.05, 3.63) is 70.8 Å². The van der Waals surface area contributed by atoms with Gasteiger partial charge in [0.2, 0.25) is 5.91 Å². The summed E-state index contributed by atoms with van der Waals surface area (Å²) in [6, 6.07) is 13.0. The Morgan fingerprint density at radius 1 is 1.23 bits per heavy atom. The Bertz CT molecular complexity index is 1190. The summed E-state index contributed by atoms with van der Waals surface area (Å²) in [7, 11) is 0. The van der Waals surface area contributed by atoms with Gasteiger partial charge in [-0.2, -0.15) is 16.9 Å². The zero-order valence-corrected chi connectivity index (χ0v) is 18.9. The van der Waals surface area contributed by atoms with Crippen molar-refractivity contribution in [1.29, 1.82) is 0 Å². The Kier molecular flexibility index (Phi) is 6.58. The van der Waals surface area contributed by atoms with E-state index in [1.165, 1.54) is 0 Å². The maximum Gasteiger partial charge on any atom is 0.225 e. The summed E-state index contributed by atoms with van der Waals surface area (Å²) >= 11 is 7.74. The standard InChI is InChI=1S/C22H23ClN6OS/c1-14-17(21(27-25-14)15-6-8-16(23)9-7-15)13-20(30)24-18(10-12-31-2)22-28-26-19-5-3-4-11-29(19)22/h3-9,11,18H,10,12-13H2,1-2H3,(H,24,30)(H,25,27)/t18-/m1/s1. The number of fused-ring (bicyclic) bond motifs is 1. The van der Waals surface area contributed by atoms with Crippen LogP contribution in [-0.4, -0.2) is 42.7 Å². The number of rotatable bonds is 8. The van der Waals surface area contributed by atoms with Gasteiger partial charge in [-0.1, -0.05) is 29.8 Å². The number of thioether (sulfide) groups is 1. The molecule has 0 fully saturated rings. The molecular weight excluding hydrogens is 432 g/mol. The van der Waals surface area contributed by atoms with Gasteiger partial charge in [-0.25, -0.2) is 0 Å². The van der Waals surface area contributed by atoms with Crippen LogP contribution in [0, 0.1) is 6.92 Å². The van der Waals surface area contributed by atoms with Crippen molar-refractivity contribution in [2.45, 2.75) is 25.8 Å². The van der Waals surface area contributed by atoms with E-state index in [1.807, 2.05) is 66.2 Å². The third kappa shape index (κ3) is 4.75. The van der Waals surface area contributed by atoms with E-state index in [4.69, 9.17) is 11.6 Å². The first-order valence-electron chi connectivity index (χ1n) is 9.94. The smallest absolute Gasteiger partial charge is 0.225 e. The predicted octanol–water partition coefficient (Wildman–Crippen LogP) is 4.23. The number of aromatic amines is 1. The highest BCUT2D eigenvalue weighted by atomic mass is 35.5. The molecule has 7 nitrogen and oxygen atoms in total. The first-order chi connectivity index (χ1) is 15.1. The molecule has 4 rings (SSSR count). The minimum absolute atomic E-state index is 0.0847. The van der Waals surface area contributed by atoms with Crippen LogP contribution in [-0.2, 0) is 11.2 Å². The zero-order chi connectivity index (χ0) is 21.8. The summed E-state index contributed by atoms with van der Waals surface area (Å²) in [5.41, 5.74) is 4.18. The number of carbonyl (C=O) groups excluding carboxylic acids is 1. The van der Waals surface area contributed by atoms with E-state index in [0.717, 1.165) is 46.2 Å². The lowest BCUT2D eigenvalue weighted by Gasteiger charge is -2.17. The Hall–Kier alpha value is -2.84. The Morgan fingerprint density at radius 3 is 2.81 bits per heavy atom. The summed E-state index contributed by atoms with van der Waals surface area (Å²) in [5.74, 6) is 1.55. The highest BCUT2D eigenvalue weighted by Gasteiger charge is 2.22. The fourth-order valence-electron chi connectivity index (χ4n) is 3.52. The van der Waals surface area contributed by atoms with Crippen molar-refractivity contribution in [2.75, 3.05) is 12.0 Å². The zero-order valence-electron chi connectivity index (χ0n) is 17.3. The van der Waals surface area contributed by atoms with Gasteiger partial charge in [0, 0.05) is 28.0 Å².